The van der Waals surface area contributed by atoms with Crippen LogP contribution in [0.4, 0.5) is 5.69 Å². The molecule has 0 radical (unpaired) electrons. The molecule has 2 aromatic rings. The van der Waals surface area contributed by atoms with Gasteiger partial charge in [-0.15, -0.1) is 0 Å². The first-order valence-electron chi connectivity index (χ1n) is 9.07. The van der Waals surface area contributed by atoms with Gasteiger partial charge >= 0.3 is 0 Å². The van der Waals surface area contributed by atoms with Crippen molar-refractivity contribution in [2.45, 2.75) is 41.6 Å². The Balaban J connectivity index is 1.72. The van der Waals surface area contributed by atoms with Gasteiger partial charge < -0.3 is 5.32 Å². The summed E-state index contributed by atoms with van der Waals surface area (Å²) in [5.41, 5.74) is 1.35. The zero-order valence-electron chi connectivity index (χ0n) is 15.6. The predicted molar refractivity (Wildman–Crippen MR) is 109 cm³/mol. The van der Waals surface area contributed by atoms with Gasteiger partial charge in [0, 0.05) is 17.5 Å². The molecule has 6 nitrogen and oxygen atoms in total. The second-order valence-corrected chi connectivity index (χ2v) is 11.6. The van der Waals surface area contributed by atoms with Gasteiger partial charge in [0.05, 0.1) is 15.9 Å². The van der Waals surface area contributed by atoms with E-state index in [9.17, 15) is 21.6 Å². The molecule has 1 amide bonds. The number of sulfone groups is 2. The van der Waals surface area contributed by atoms with Crippen LogP contribution in [-0.4, -0.2) is 34.2 Å². The van der Waals surface area contributed by atoms with Gasteiger partial charge in [-0.25, -0.2) is 16.8 Å². The number of carbonyl (C=O) groups is 1. The van der Waals surface area contributed by atoms with Crippen LogP contribution in [0.15, 0.2) is 53.4 Å². The van der Waals surface area contributed by atoms with Crippen LogP contribution < -0.4 is 5.32 Å². The third-order valence-electron chi connectivity index (χ3n) is 4.80. The van der Waals surface area contributed by atoms with E-state index in [0.717, 1.165) is 19.1 Å². The molecule has 1 aliphatic rings. The average molecular weight is 422 g/mol. The fourth-order valence-corrected chi connectivity index (χ4v) is 6.07. The largest absolute Gasteiger partial charge is 0.322 e. The Morgan fingerprint density at radius 2 is 1.64 bits per heavy atom. The van der Waals surface area contributed by atoms with Crippen molar-refractivity contribution in [3.05, 3.63) is 59.7 Å². The highest BCUT2D eigenvalue weighted by Gasteiger charge is 2.30. The molecule has 1 saturated carbocycles. The predicted octanol–water partition coefficient (Wildman–Crippen LogP) is 3.20. The molecule has 0 heterocycles. The second kappa shape index (κ2) is 8.05. The Kier molecular flexibility index (Phi) is 5.90. The third kappa shape index (κ3) is 4.99. The van der Waals surface area contributed by atoms with Crippen LogP contribution in [0.5, 0.6) is 0 Å². The number of rotatable bonds is 6. The zero-order chi connectivity index (χ0) is 20.4. The lowest BCUT2D eigenvalue weighted by Gasteiger charge is -2.12. The summed E-state index contributed by atoms with van der Waals surface area (Å²) in [4.78, 5) is 12.7. The lowest BCUT2D eigenvalue weighted by Crippen LogP contribution is -2.18. The normalized spacial score (nSPS) is 15.5. The van der Waals surface area contributed by atoms with Crippen molar-refractivity contribution in [2.75, 3.05) is 11.6 Å². The number of hydrogen-bond donors (Lipinski definition) is 1. The summed E-state index contributed by atoms with van der Waals surface area (Å²) in [6.07, 6.45) is 4.42. The molecule has 0 bridgehead atoms. The summed E-state index contributed by atoms with van der Waals surface area (Å²) in [5, 5.41) is 2.40. The number of amides is 1. The molecule has 1 aliphatic carbocycles. The topological polar surface area (TPSA) is 97.4 Å². The maximum absolute atomic E-state index is 12.6. The smallest absolute Gasteiger partial charge is 0.255 e. The first kappa shape index (κ1) is 20.5. The summed E-state index contributed by atoms with van der Waals surface area (Å²) < 4.78 is 48.1. The van der Waals surface area contributed by atoms with E-state index in [0.29, 0.717) is 29.7 Å². The Labute approximate surface area is 165 Å². The van der Waals surface area contributed by atoms with E-state index < -0.39 is 19.7 Å². The van der Waals surface area contributed by atoms with Gasteiger partial charge in [0.15, 0.2) is 19.7 Å². The lowest BCUT2D eigenvalue weighted by molar-refractivity contribution is 0.102. The summed E-state index contributed by atoms with van der Waals surface area (Å²) in [7, 11) is -6.52. The Hall–Kier alpha value is -2.19. The third-order valence-corrected chi connectivity index (χ3v) is 7.94. The Bertz CT molecular complexity index is 1070. The van der Waals surface area contributed by atoms with Gasteiger partial charge in [-0.3, -0.25) is 4.79 Å². The van der Waals surface area contributed by atoms with Gasteiger partial charge in [-0.05, 0) is 54.8 Å². The molecule has 0 spiro atoms. The molecular weight excluding hydrogens is 398 g/mol. The van der Waals surface area contributed by atoms with Crippen molar-refractivity contribution in [1.29, 1.82) is 0 Å². The van der Waals surface area contributed by atoms with Crippen molar-refractivity contribution >= 4 is 31.3 Å². The number of hydrogen-bond acceptors (Lipinski definition) is 5. The van der Waals surface area contributed by atoms with E-state index >= 15 is 0 Å². The molecule has 150 valence electrons. The van der Waals surface area contributed by atoms with Crippen LogP contribution in [0.2, 0.25) is 0 Å². The highest BCUT2D eigenvalue weighted by molar-refractivity contribution is 7.92. The molecular formula is C20H23NO5S2. The van der Waals surface area contributed by atoms with Crippen molar-refractivity contribution in [3.63, 3.8) is 0 Å². The molecule has 1 fully saturated rings. The molecule has 3 rings (SSSR count). The highest BCUT2D eigenvalue weighted by Crippen LogP contribution is 2.30. The van der Waals surface area contributed by atoms with Gasteiger partial charge in [0.1, 0.15) is 0 Å². The SMILES string of the molecule is CS(=O)(=O)Cc1cccc(C(=O)Nc2ccc(S(=O)(=O)C3CCCC3)cc2)c1. The van der Waals surface area contributed by atoms with Crippen molar-refractivity contribution in [3.8, 4) is 0 Å². The van der Waals surface area contributed by atoms with E-state index in [-0.39, 0.29) is 21.8 Å². The number of carbonyl (C=O) groups excluding carboxylic acids is 1. The fourth-order valence-electron chi connectivity index (χ4n) is 3.43. The monoisotopic (exact) mass is 421 g/mol. The molecule has 0 aromatic heterocycles. The van der Waals surface area contributed by atoms with Crippen LogP contribution in [-0.2, 0) is 25.4 Å². The van der Waals surface area contributed by atoms with Gasteiger partial charge in [0.25, 0.3) is 5.91 Å². The minimum atomic E-state index is -3.33. The zero-order valence-corrected chi connectivity index (χ0v) is 17.2. The van der Waals surface area contributed by atoms with Gasteiger partial charge in [-0.2, -0.15) is 0 Å². The lowest BCUT2D eigenvalue weighted by atomic mass is 10.1. The highest BCUT2D eigenvalue weighted by atomic mass is 32.2. The van der Waals surface area contributed by atoms with Gasteiger partial charge in [0.2, 0.25) is 0 Å². The van der Waals surface area contributed by atoms with Crippen molar-refractivity contribution in [1.82, 2.24) is 0 Å². The van der Waals surface area contributed by atoms with E-state index in [4.69, 9.17) is 0 Å². The minimum absolute atomic E-state index is 0.137. The van der Waals surface area contributed by atoms with Crippen LogP contribution in [0.3, 0.4) is 0 Å². The van der Waals surface area contributed by atoms with Crippen LogP contribution in [0.1, 0.15) is 41.6 Å². The van der Waals surface area contributed by atoms with Crippen LogP contribution in [0, 0.1) is 0 Å². The molecule has 8 heteroatoms. The number of benzene rings is 2. The molecule has 0 saturated heterocycles. The first-order chi connectivity index (χ1) is 13.1. The van der Waals surface area contributed by atoms with E-state index in [1.54, 1.807) is 30.3 Å². The minimum Gasteiger partial charge on any atom is -0.322 e. The molecule has 2 aromatic carbocycles. The molecule has 0 aliphatic heterocycles. The molecule has 28 heavy (non-hydrogen) atoms. The standard InChI is InChI=1S/C20H23NO5S2/c1-27(23,24)14-15-5-4-6-16(13-15)20(22)21-17-9-11-19(12-10-17)28(25,26)18-7-2-3-8-18/h4-6,9-13,18H,2-3,7-8,14H2,1H3,(H,21,22). The quantitative estimate of drug-likeness (QED) is 0.772. The average Bonchev–Trinajstić information content (AvgIpc) is 3.16. The van der Waals surface area contributed by atoms with Crippen molar-refractivity contribution < 1.29 is 21.6 Å². The summed E-state index contributed by atoms with van der Waals surface area (Å²) in [6, 6.07) is 12.6. The summed E-state index contributed by atoms with van der Waals surface area (Å²) >= 11 is 0. The summed E-state index contributed by atoms with van der Waals surface area (Å²) in [6.45, 7) is 0. The van der Waals surface area contributed by atoms with Crippen molar-refractivity contribution in [2.24, 2.45) is 0 Å². The van der Waals surface area contributed by atoms with E-state index in [1.807, 2.05) is 0 Å². The number of anilines is 1. The molecule has 0 atom stereocenters. The molecule has 1 N–H and O–H groups in total. The fraction of sp³-hybridized carbons (Fsp3) is 0.350. The van der Waals surface area contributed by atoms with Crippen LogP contribution >= 0.6 is 0 Å². The van der Waals surface area contributed by atoms with E-state index in [1.165, 1.54) is 18.2 Å². The van der Waals surface area contributed by atoms with Gasteiger partial charge in [-0.1, -0.05) is 25.0 Å². The Morgan fingerprint density at radius 1 is 1.00 bits per heavy atom. The maximum atomic E-state index is 12.6. The van der Waals surface area contributed by atoms with E-state index in [2.05, 4.69) is 5.32 Å². The second-order valence-electron chi connectivity index (χ2n) is 7.20. The molecule has 0 unspecified atom stereocenters. The first-order valence-corrected chi connectivity index (χ1v) is 12.7. The summed E-state index contributed by atoms with van der Waals surface area (Å²) in [5.74, 6) is -0.524. The van der Waals surface area contributed by atoms with Crippen LogP contribution in [0.25, 0.3) is 0 Å². The number of nitrogens with one attached hydrogen (secondary N) is 1. The Morgan fingerprint density at radius 3 is 2.25 bits per heavy atom. The maximum Gasteiger partial charge on any atom is 0.255 e.